The van der Waals surface area contributed by atoms with Crippen LogP contribution in [0.25, 0.3) is 0 Å². The van der Waals surface area contributed by atoms with Gasteiger partial charge in [0.2, 0.25) is 0 Å². The van der Waals surface area contributed by atoms with Crippen LogP contribution >= 0.6 is 15.8 Å². The molecule has 0 amide bonds. The molecule has 1 aliphatic carbocycles. The predicted octanol–water partition coefficient (Wildman–Crippen LogP) is 10.4. The van der Waals surface area contributed by atoms with E-state index >= 15 is 0 Å². The van der Waals surface area contributed by atoms with Gasteiger partial charge in [0.25, 0.3) is 0 Å². The van der Waals surface area contributed by atoms with Crippen LogP contribution < -0.4 is 31.8 Å². The maximum Gasteiger partial charge on any atom is 0.673 e. The average molecular weight is 884 g/mol. The summed E-state index contributed by atoms with van der Waals surface area (Å²) in [7, 11) is -7.42. The summed E-state index contributed by atoms with van der Waals surface area (Å²) in [5.74, 6) is 0. The third-order valence-corrected chi connectivity index (χ3v) is 14.0. The van der Waals surface area contributed by atoms with Crippen molar-refractivity contribution in [1.82, 2.24) is 0 Å². The Morgan fingerprint density at radius 2 is 0.717 bits per heavy atom. The van der Waals surface area contributed by atoms with Crippen LogP contribution in [-0.2, 0) is 17.1 Å². The molecule has 0 saturated heterocycles. The molecule has 6 aromatic carbocycles. The molecule has 1 fully saturated rings. The predicted molar refractivity (Wildman–Crippen MR) is 244 cm³/mol. The van der Waals surface area contributed by atoms with Gasteiger partial charge >= 0.3 is 7.25 Å². The molecule has 12 heteroatoms. The Hall–Kier alpha value is -5.20. The van der Waals surface area contributed by atoms with Crippen molar-refractivity contribution in [3.63, 3.8) is 0 Å². The molecule has 6 aromatic rings. The van der Waals surface area contributed by atoms with E-state index in [-0.39, 0.29) is 29.2 Å². The molecule has 4 nitrogen and oxygen atoms in total. The monoisotopic (exact) mass is 883 g/mol. The zero-order chi connectivity index (χ0) is 42.3. The maximum atomic E-state index is 9.75. The van der Waals surface area contributed by atoms with Crippen LogP contribution in [0.3, 0.4) is 0 Å². The van der Waals surface area contributed by atoms with Crippen molar-refractivity contribution in [1.29, 1.82) is 10.5 Å². The normalized spacial score (nSPS) is 14.6. The Bertz CT molecular complexity index is 2030. The van der Waals surface area contributed by atoms with E-state index in [4.69, 9.17) is 20.5 Å². The third kappa shape index (κ3) is 16.1. The molecular formula is C48H46BF4FeN4P2-. The van der Waals surface area contributed by atoms with E-state index in [0.29, 0.717) is 0 Å². The van der Waals surface area contributed by atoms with Gasteiger partial charge in [-0.05, 0) is 60.5 Å². The molecule has 0 unspecified atom stereocenters. The zero-order valence-electron chi connectivity index (χ0n) is 33.4. The number of hydrogen-bond acceptors (Lipinski definition) is 4. The Kier molecular flexibility index (Phi) is 22.0. The SMILES string of the molecule is C(=N[C@@H]1CCCC[C@H]1N=Cc1ccccc1P(c1ccccc1)c1ccccc1)c1ccccc1P(c1ccccc1)c1ccccc1.CC#N.CC#N.F[B-](F)(F)F.[Fe]. The maximum absolute atomic E-state index is 9.75. The molecule has 308 valence electrons. The van der Waals surface area contributed by atoms with E-state index < -0.39 is 23.1 Å². The molecule has 2 atom stereocenters. The van der Waals surface area contributed by atoms with Crippen LogP contribution in [0.1, 0.15) is 50.7 Å². The second-order valence-electron chi connectivity index (χ2n) is 13.0. The van der Waals surface area contributed by atoms with Crippen molar-refractivity contribution in [3.05, 3.63) is 181 Å². The molecule has 0 aliphatic heterocycles. The van der Waals surface area contributed by atoms with Gasteiger partial charge in [0.05, 0.1) is 24.2 Å². The van der Waals surface area contributed by atoms with Crippen LogP contribution in [0.15, 0.2) is 180 Å². The molecular weight excluding hydrogens is 837 g/mol. The smallest absolute Gasteiger partial charge is 0.418 e. The van der Waals surface area contributed by atoms with E-state index in [0.717, 1.165) is 12.8 Å². The largest absolute Gasteiger partial charge is 0.673 e. The first-order valence-electron chi connectivity index (χ1n) is 19.2. The summed E-state index contributed by atoms with van der Waals surface area (Å²) >= 11 is 0. The van der Waals surface area contributed by atoms with Crippen LogP contribution in [0.2, 0.25) is 0 Å². The molecule has 7 rings (SSSR count). The summed E-state index contributed by atoms with van der Waals surface area (Å²) in [6.45, 7) is 2.86. The number of aliphatic imine (C=N–C) groups is 2. The van der Waals surface area contributed by atoms with Crippen molar-refractivity contribution in [2.24, 2.45) is 9.98 Å². The van der Waals surface area contributed by atoms with E-state index in [1.807, 2.05) is 0 Å². The van der Waals surface area contributed by atoms with Gasteiger partial charge in [0, 0.05) is 54.5 Å². The topological polar surface area (TPSA) is 72.3 Å². The van der Waals surface area contributed by atoms with Crippen LogP contribution in [0.5, 0.6) is 0 Å². The fraction of sp³-hybridized carbons (Fsp3) is 0.167. The van der Waals surface area contributed by atoms with Crippen molar-refractivity contribution >= 4 is 67.4 Å². The number of rotatable bonds is 10. The first kappa shape index (κ1) is 49.2. The Morgan fingerprint density at radius 1 is 0.483 bits per heavy atom. The number of nitriles is 2. The van der Waals surface area contributed by atoms with Gasteiger partial charge in [-0.2, -0.15) is 10.5 Å². The molecule has 0 N–H and O–H groups in total. The molecule has 1 aliphatic rings. The van der Waals surface area contributed by atoms with Crippen LogP contribution in [0.4, 0.5) is 17.3 Å². The van der Waals surface area contributed by atoms with Gasteiger partial charge in [0.15, 0.2) is 0 Å². The van der Waals surface area contributed by atoms with E-state index in [2.05, 4.69) is 182 Å². The first-order chi connectivity index (χ1) is 28.7. The van der Waals surface area contributed by atoms with Crippen LogP contribution in [-0.4, -0.2) is 31.8 Å². The minimum absolute atomic E-state index is 0. The first-order valence-corrected chi connectivity index (χ1v) is 21.9. The van der Waals surface area contributed by atoms with Gasteiger partial charge in [-0.1, -0.05) is 183 Å². The van der Waals surface area contributed by atoms with Crippen LogP contribution in [0, 0.1) is 22.7 Å². The summed E-state index contributed by atoms with van der Waals surface area (Å²) in [6.07, 6.45) is 8.81. The molecule has 0 spiro atoms. The number of halogens is 4. The quantitative estimate of drug-likeness (QED) is 0.0595. The fourth-order valence-electron chi connectivity index (χ4n) is 6.55. The van der Waals surface area contributed by atoms with Crippen molar-refractivity contribution in [2.75, 3.05) is 0 Å². The van der Waals surface area contributed by atoms with Gasteiger partial charge in [0.1, 0.15) is 0 Å². The van der Waals surface area contributed by atoms with Crippen molar-refractivity contribution in [2.45, 2.75) is 51.6 Å². The number of hydrogen-bond donors (Lipinski definition) is 0. The van der Waals surface area contributed by atoms with Gasteiger partial charge in [-0.25, -0.2) is 0 Å². The average Bonchev–Trinajstić information content (AvgIpc) is 3.25. The molecule has 0 heterocycles. The summed E-state index contributed by atoms with van der Waals surface area (Å²) in [5, 5.41) is 22.7. The second-order valence-corrected chi connectivity index (χ2v) is 17.4. The Morgan fingerprint density at radius 3 is 0.983 bits per heavy atom. The Balaban J connectivity index is 0.000000720. The zero-order valence-corrected chi connectivity index (χ0v) is 36.3. The molecule has 0 bridgehead atoms. The molecule has 0 aromatic heterocycles. The standard InChI is InChI=1S/C44H40N2P2.2C2H3N.BF4.Fe/c1-5-21-37(22-6-1)47(38-23-7-2-8-24-38)43-31-17-13-19-35(43)33-45-41-29-15-16-30-42(41)46-34-36-20-14-18-32-44(36)48(39-25-9-3-10-26-39)40-27-11-4-12-28-40;2*1-2-3;2-1(3,4)5;/h1-14,17-28,31-34,41-42H,15-16,29-30H2;2*1H3;;/q;;;-1;/t41-,42-;;;;/m1..../s1. The fourth-order valence-corrected chi connectivity index (χ4v) is 11.4. The second kappa shape index (κ2) is 26.8. The van der Waals surface area contributed by atoms with Gasteiger partial charge < -0.3 is 17.3 Å². The minimum Gasteiger partial charge on any atom is -0.418 e. The van der Waals surface area contributed by atoms with Crippen molar-refractivity contribution < 1.29 is 34.3 Å². The summed E-state index contributed by atoms with van der Waals surface area (Å²) in [6, 6.07) is 65.2. The van der Waals surface area contributed by atoms with E-state index in [1.165, 1.54) is 69.6 Å². The number of nitrogens with zero attached hydrogens (tertiary/aromatic N) is 4. The summed E-state index contributed by atoms with van der Waals surface area (Å²) in [4.78, 5) is 10.6. The van der Waals surface area contributed by atoms with Gasteiger partial charge in [-0.15, -0.1) is 0 Å². The van der Waals surface area contributed by atoms with E-state index in [1.54, 1.807) is 12.1 Å². The summed E-state index contributed by atoms with van der Waals surface area (Å²) in [5.41, 5.74) is 2.40. The molecule has 0 radical (unpaired) electrons. The minimum atomic E-state index is -6.00. The van der Waals surface area contributed by atoms with E-state index in [9.17, 15) is 17.3 Å². The van der Waals surface area contributed by atoms with Gasteiger partial charge in [-0.3, -0.25) is 9.98 Å². The molecule has 1 saturated carbocycles. The summed E-state index contributed by atoms with van der Waals surface area (Å²) < 4.78 is 39.0. The third-order valence-electron chi connectivity index (χ3n) is 8.92. The van der Waals surface area contributed by atoms with Crippen molar-refractivity contribution in [3.8, 4) is 12.1 Å². The molecule has 60 heavy (non-hydrogen) atoms. The Labute approximate surface area is 365 Å². The number of benzene rings is 6.